The fourth-order valence-electron chi connectivity index (χ4n) is 0.385. The number of halogens is 6. The zero-order chi connectivity index (χ0) is 4.24. The molecule has 0 aliphatic heterocycles. The minimum Gasteiger partial charge on any atom is -0.269 e. The van der Waals surface area contributed by atoms with Crippen LogP contribution in [-0.4, -0.2) is 11.0 Å². The summed E-state index contributed by atoms with van der Waals surface area (Å²) < 4.78 is 0. The zero-order valence-corrected chi connectivity index (χ0v) is 5.91. The van der Waals surface area contributed by atoms with Crippen LogP contribution in [0.25, 0.3) is 0 Å². The van der Waals surface area contributed by atoms with Gasteiger partial charge in [-0.25, -0.2) is 0 Å². The van der Waals surface area contributed by atoms with Gasteiger partial charge in [-0.2, -0.15) is 0 Å². The summed E-state index contributed by atoms with van der Waals surface area (Å²) in [5.41, 5.74) is 0. The smallest absolute Gasteiger partial charge is 0.0149 e. The Bertz CT molecular complexity index is 89.0. The highest BCUT2D eigenvalue weighted by molar-refractivity contribution is 5.75. The normalized spacial score (nSPS) is 3.69. The molecule has 7 heteroatoms. The Balaban J connectivity index is -0.0000000103. The Morgan fingerprint density at radius 3 is 0.462 bits per heavy atom. The molecule has 0 nitrogen and oxygen atoms in total. The average molecular weight is 230 g/mol. The first-order valence-corrected chi connectivity index (χ1v) is 2.00. The number of hydrogen-bond donors (Lipinski definition) is 0. The Labute approximate surface area is 76.6 Å². The van der Waals surface area contributed by atoms with Crippen LogP contribution in [-0.2, 0) is 0 Å². The van der Waals surface area contributed by atoms with E-state index in [1.807, 2.05) is 36.4 Å². The number of rotatable bonds is 0. The molecule has 1 aromatic rings. The lowest BCUT2D eigenvalue weighted by Gasteiger charge is -1.69. The maximum absolute atomic E-state index is 2.00. The Hall–Kier alpha value is -0.983. The van der Waals surface area contributed by atoms with Gasteiger partial charge in [0.25, 0.3) is 0 Å². The van der Waals surface area contributed by atoms with E-state index in [2.05, 4.69) is 0 Å². The second-order valence-corrected chi connectivity index (χ2v) is 1.15. The fraction of sp³-hybridized carbons (Fsp3) is 0. The molecule has 0 aliphatic rings. The summed E-state index contributed by atoms with van der Waals surface area (Å²) in [5, 5.41) is 0. The van der Waals surface area contributed by atoms with Crippen molar-refractivity contribution in [3.63, 3.8) is 0 Å². The van der Waals surface area contributed by atoms with Crippen molar-refractivity contribution in [3.8, 4) is 0 Å². The van der Waals surface area contributed by atoms with Crippen molar-refractivity contribution in [2.75, 3.05) is 0 Å². The topological polar surface area (TPSA) is 0 Å². The summed E-state index contributed by atoms with van der Waals surface area (Å²) in [6.45, 7) is 0. The standard InChI is InChI=1S/C6H6.6FH.H4Si/c1-2-4-6-5-3-1;;;;;;;/h1-6H;6*1H;1H4. The van der Waals surface area contributed by atoms with Crippen molar-refractivity contribution >= 4 is 11.0 Å². The molecule has 0 saturated heterocycles. The molecule has 0 atom stereocenters. The van der Waals surface area contributed by atoms with E-state index in [4.69, 9.17) is 0 Å². The summed E-state index contributed by atoms with van der Waals surface area (Å²) >= 11 is 0. The van der Waals surface area contributed by atoms with Gasteiger partial charge in [-0.3, -0.25) is 28.2 Å². The Morgan fingerprint density at radius 1 is 0.308 bits per heavy atom. The van der Waals surface area contributed by atoms with Crippen LogP contribution < -0.4 is 0 Å². The molecule has 0 heterocycles. The maximum atomic E-state index is 2.00. The molecule has 0 unspecified atom stereocenters. The van der Waals surface area contributed by atoms with E-state index in [0.29, 0.717) is 0 Å². The van der Waals surface area contributed by atoms with Crippen molar-refractivity contribution in [2.45, 2.75) is 0 Å². The van der Waals surface area contributed by atoms with Crippen molar-refractivity contribution in [3.05, 3.63) is 36.4 Å². The van der Waals surface area contributed by atoms with Crippen LogP contribution in [0, 0.1) is 0 Å². The average Bonchev–Trinajstić information content (AvgIpc) is 1.72. The van der Waals surface area contributed by atoms with Crippen molar-refractivity contribution in [1.29, 1.82) is 0 Å². The Morgan fingerprint density at radius 2 is 0.385 bits per heavy atom. The predicted octanol–water partition coefficient (Wildman–Crippen LogP) is 1.15. The van der Waals surface area contributed by atoms with Gasteiger partial charge in [0, 0.05) is 0 Å². The van der Waals surface area contributed by atoms with Crippen molar-refractivity contribution in [1.82, 2.24) is 0 Å². The van der Waals surface area contributed by atoms with Gasteiger partial charge in [-0.1, -0.05) is 36.4 Å². The first-order valence-electron chi connectivity index (χ1n) is 2.00. The number of hydrogen-bond acceptors (Lipinski definition) is 0. The van der Waals surface area contributed by atoms with E-state index in [9.17, 15) is 0 Å². The summed E-state index contributed by atoms with van der Waals surface area (Å²) in [6, 6.07) is 12.0. The minimum atomic E-state index is 0. The van der Waals surface area contributed by atoms with E-state index in [-0.39, 0.29) is 39.2 Å². The van der Waals surface area contributed by atoms with Crippen LogP contribution in [0.15, 0.2) is 36.4 Å². The lowest BCUT2D eigenvalue weighted by Crippen LogP contribution is -1.47. The molecular weight excluding hydrogens is 214 g/mol. The molecule has 0 fully saturated rings. The van der Waals surface area contributed by atoms with Crippen LogP contribution in [0.4, 0.5) is 28.2 Å². The lowest BCUT2D eigenvalue weighted by atomic mass is 10.4. The summed E-state index contributed by atoms with van der Waals surface area (Å²) in [7, 11) is 0. The summed E-state index contributed by atoms with van der Waals surface area (Å²) in [4.78, 5) is 0. The van der Waals surface area contributed by atoms with Gasteiger partial charge in [0.05, 0.1) is 0 Å². The third-order valence-electron chi connectivity index (χ3n) is 0.667. The minimum absolute atomic E-state index is 0. The quantitative estimate of drug-likeness (QED) is 0.463. The lowest BCUT2D eigenvalue weighted by molar-refractivity contribution is 1.11. The molecule has 1 rings (SSSR count). The van der Waals surface area contributed by atoms with E-state index in [1.165, 1.54) is 0 Å². The molecular formula is C6H16F6Si. The molecule has 86 valence electrons. The summed E-state index contributed by atoms with van der Waals surface area (Å²) in [5.74, 6) is 0. The van der Waals surface area contributed by atoms with Gasteiger partial charge in [0.15, 0.2) is 0 Å². The Kier molecular flexibility index (Phi) is 196. The number of benzene rings is 1. The molecule has 0 saturated carbocycles. The molecule has 0 amide bonds. The van der Waals surface area contributed by atoms with E-state index >= 15 is 0 Å². The molecule has 0 radical (unpaired) electrons. The third-order valence-corrected chi connectivity index (χ3v) is 0.667. The fourth-order valence-corrected chi connectivity index (χ4v) is 0.385. The maximum Gasteiger partial charge on any atom is -0.0149 e. The van der Waals surface area contributed by atoms with Gasteiger partial charge in [-0.15, -0.1) is 0 Å². The van der Waals surface area contributed by atoms with Gasteiger partial charge in [0.1, 0.15) is 0 Å². The molecule has 0 aromatic heterocycles. The van der Waals surface area contributed by atoms with Gasteiger partial charge < -0.3 is 0 Å². The van der Waals surface area contributed by atoms with Crippen LogP contribution in [0.1, 0.15) is 0 Å². The van der Waals surface area contributed by atoms with Crippen LogP contribution in [0.5, 0.6) is 0 Å². The largest absolute Gasteiger partial charge is 0.269 e. The van der Waals surface area contributed by atoms with E-state index in [1.54, 1.807) is 0 Å². The second kappa shape index (κ2) is 43.9. The van der Waals surface area contributed by atoms with Crippen molar-refractivity contribution < 1.29 is 28.2 Å². The molecule has 0 aliphatic carbocycles. The molecule has 0 bridgehead atoms. The monoisotopic (exact) mass is 230 g/mol. The van der Waals surface area contributed by atoms with Crippen LogP contribution >= 0.6 is 0 Å². The SMILES string of the molecule is F.F.F.F.F.F.[SiH4].c1ccccc1. The highest BCUT2D eigenvalue weighted by atomic mass is 28.1. The van der Waals surface area contributed by atoms with Crippen molar-refractivity contribution in [2.24, 2.45) is 0 Å². The third kappa shape index (κ3) is 35.6. The van der Waals surface area contributed by atoms with Crippen LogP contribution in [0.2, 0.25) is 0 Å². The predicted molar refractivity (Wildman–Crippen MR) is 52.8 cm³/mol. The van der Waals surface area contributed by atoms with Gasteiger partial charge in [-0.05, 0) is 11.0 Å². The second-order valence-electron chi connectivity index (χ2n) is 1.15. The van der Waals surface area contributed by atoms with E-state index in [0.717, 1.165) is 0 Å². The molecule has 13 heavy (non-hydrogen) atoms. The molecule has 0 spiro atoms. The highest BCUT2D eigenvalue weighted by Gasteiger charge is 1.57. The first-order chi connectivity index (χ1) is 3.00. The van der Waals surface area contributed by atoms with Crippen LogP contribution in [0.3, 0.4) is 0 Å². The van der Waals surface area contributed by atoms with E-state index < -0.39 is 0 Å². The van der Waals surface area contributed by atoms with Gasteiger partial charge >= 0.3 is 0 Å². The highest BCUT2D eigenvalue weighted by Crippen LogP contribution is 1.79. The molecule has 1 aromatic carbocycles. The zero-order valence-electron chi connectivity index (χ0n) is 5.91. The van der Waals surface area contributed by atoms with Gasteiger partial charge in [0.2, 0.25) is 0 Å². The first kappa shape index (κ1) is 57.9. The molecule has 0 N–H and O–H groups in total. The summed E-state index contributed by atoms with van der Waals surface area (Å²) in [6.07, 6.45) is 0.